The molecular formula is C61H46N2. The molecule has 0 saturated heterocycles. The Labute approximate surface area is 368 Å². The predicted molar refractivity (Wildman–Crippen MR) is 265 cm³/mol. The van der Waals surface area contributed by atoms with E-state index in [0.717, 1.165) is 25.7 Å². The summed E-state index contributed by atoms with van der Waals surface area (Å²) in [6, 6.07) is 64.2. The second-order valence-corrected chi connectivity index (χ2v) is 18.0. The lowest BCUT2D eigenvalue weighted by Gasteiger charge is -2.29. The molecule has 0 radical (unpaired) electrons. The maximum Gasteiger partial charge on any atom is 0.0550 e. The first-order chi connectivity index (χ1) is 31.2. The van der Waals surface area contributed by atoms with Gasteiger partial charge in [0, 0.05) is 33.5 Å². The van der Waals surface area contributed by atoms with E-state index in [1.54, 1.807) is 0 Å². The largest absolute Gasteiger partial charge is 0.378 e. The molecule has 300 valence electrons. The summed E-state index contributed by atoms with van der Waals surface area (Å²) in [4.78, 5) is 0. The fourth-order valence-electron chi connectivity index (χ4n) is 11.6. The third kappa shape index (κ3) is 5.78. The van der Waals surface area contributed by atoms with Crippen LogP contribution in [0.1, 0.15) is 46.6 Å². The number of benzene rings is 8. The number of nitrogens with zero attached hydrogens (tertiary/aromatic N) is 1. The molecule has 2 atom stereocenters. The Kier molecular flexibility index (Phi) is 8.24. The molecule has 2 unspecified atom stereocenters. The third-order valence-electron chi connectivity index (χ3n) is 14.6. The second-order valence-electron chi connectivity index (χ2n) is 18.0. The van der Waals surface area contributed by atoms with E-state index in [9.17, 15) is 0 Å². The SMILES string of the molecule is C1=CCCC(n2c3ccc(-c4ccc(-c5ccc(C6C=CC=CC6Nc6ccc7c(c6)C6(Cc8ccccc8C6)c6ccccc6-7)cc5)cc4)cc3c3c4ccccc4ccc32)=C1. The highest BCUT2D eigenvalue weighted by Gasteiger charge is 2.47. The highest BCUT2D eigenvalue weighted by molar-refractivity contribution is 6.22. The van der Waals surface area contributed by atoms with Crippen LogP contribution in [0.3, 0.4) is 0 Å². The number of rotatable bonds is 6. The van der Waals surface area contributed by atoms with Crippen molar-refractivity contribution < 1.29 is 0 Å². The fraction of sp³-hybridized carbons (Fsp3) is 0.115. The summed E-state index contributed by atoms with van der Waals surface area (Å²) in [7, 11) is 0. The second kappa shape index (κ2) is 14.3. The number of anilines is 1. The maximum absolute atomic E-state index is 3.98. The molecule has 0 amide bonds. The van der Waals surface area contributed by atoms with Gasteiger partial charge in [-0.3, -0.25) is 0 Å². The molecular weight excluding hydrogens is 761 g/mol. The molecule has 0 bridgehead atoms. The summed E-state index contributed by atoms with van der Waals surface area (Å²) in [5, 5.41) is 9.21. The normalized spacial score (nSPS) is 17.9. The molecule has 63 heavy (non-hydrogen) atoms. The first kappa shape index (κ1) is 36.3. The van der Waals surface area contributed by atoms with Crippen LogP contribution in [-0.2, 0) is 18.3 Å². The van der Waals surface area contributed by atoms with Gasteiger partial charge in [-0.1, -0.05) is 176 Å². The molecule has 1 aromatic heterocycles. The summed E-state index contributed by atoms with van der Waals surface area (Å²) in [6.45, 7) is 0. The van der Waals surface area contributed by atoms with Crippen LogP contribution >= 0.6 is 0 Å². The van der Waals surface area contributed by atoms with E-state index >= 15 is 0 Å². The topological polar surface area (TPSA) is 17.0 Å². The molecule has 4 aliphatic carbocycles. The molecule has 9 aromatic rings. The van der Waals surface area contributed by atoms with E-state index in [1.165, 1.54) is 105 Å². The average Bonchev–Trinajstić information content (AvgIpc) is 4.00. The molecule has 1 N–H and O–H groups in total. The monoisotopic (exact) mass is 806 g/mol. The van der Waals surface area contributed by atoms with Crippen molar-refractivity contribution in [2.45, 2.75) is 43.1 Å². The van der Waals surface area contributed by atoms with Gasteiger partial charge in [0.2, 0.25) is 0 Å². The molecule has 0 saturated carbocycles. The summed E-state index contributed by atoms with van der Waals surface area (Å²) in [5.41, 5.74) is 20.0. The summed E-state index contributed by atoms with van der Waals surface area (Å²) in [5.74, 6) is 0.213. The third-order valence-corrected chi connectivity index (χ3v) is 14.6. The fourth-order valence-corrected chi connectivity index (χ4v) is 11.6. The van der Waals surface area contributed by atoms with Crippen molar-refractivity contribution in [3.05, 3.63) is 240 Å². The van der Waals surface area contributed by atoms with Crippen LogP contribution in [-0.4, -0.2) is 10.6 Å². The van der Waals surface area contributed by atoms with Gasteiger partial charge in [0.1, 0.15) is 0 Å². The quantitative estimate of drug-likeness (QED) is 0.177. The van der Waals surface area contributed by atoms with E-state index in [-0.39, 0.29) is 17.4 Å². The van der Waals surface area contributed by atoms with E-state index < -0.39 is 0 Å². The maximum atomic E-state index is 3.98. The standard InChI is InChI=1S/C61H46N2/c1-2-15-49(16-3-1)63-58-34-31-45(36-54(58)60-51-18-7-6-12-43(51)30-35-59(60)63)42-24-22-40(23-25-42)41-26-28-44(29-27-41)50-17-9-11-21-57(50)62-48-32-33-53-52-19-8-10-20-55(52)61(56(53)37-48)38-46-13-4-5-14-47(46)39-61/h1-2,4-15,17-37,50,57,62H,3,16,38-39H2. The van der Waals surface area contributed by atoms with Gasteiger partial charge in [-0.15, -0.1) is 0 Å². The van der Waals surface area contributed by atoms with Crippen molar-refractivity contribution in [3.8, 4) is 33.4 Å². The van der Waals surface area contributed by atoms with Gasteiger partial charge in [-0.05, 0) is 134 Å². The summed E-state index contributed by atoms with van der Waals surface area (Å²) in [6.07, 6.45) is 20.0. The number of allylic oxidation sites excluding steroid dienone is 6. The van der Waals surface area contributed by atoms with Gasteiger partial charge in [-0.2, -0.15) is 0 Å². The lowest BCUT2D eigenvalue weighted by molar-refractivity contribution is 0.563. The Morgan fingerprint density at radius 3 is 2.02 bits per heavy atom. The molecule has 8 aromatic carbocycles. The van der Waals surface area contributed by atoms with Gasteiger partial charge in [0.25, 0.3) is 0 Å². The van der Waals surface area contributed by atoms with Gasteiger partial charge in [0.15, 0.2) is 0 Å². The van der Waals surface area contributed by atoms with E-state index in [1.807, 2.05) is 0 Å². The Balaban J connectivity index is 0.776. The van der Waals surface area contributed by atoms with Gasteiger partial charge in [-0.25, -0.2) is 0 Å². The lowest BCUT2D eigenvalue weighted by atomic mass is 9.75. The highest BCUT2D eigenvalue weighted by Crippen LogP contribution is 2.56. The van der Waals surface area contributed by atoms with Crippen LogP contribution < -0.4 is 5.32 Å². The molecule has 1 heterocycles. The zero-order chi connectivity index (χ0) is 41.5. The van der Waals surface area contributed by atoms with Crippen LogP contribution in [0.2, 0.25) is 0 Å². The van der Waals surface area contributed by atoms with Crippen LogP contribution in [0.25, 0.3) is 71.7 Å². The molecule has 0 aliphatic heterocycles. The van der Waals surface area contributed by atoms with E-state index in [0.29, 0.717) is 0 Å². The zero-order valence-corrected chi connectivity index (χ0v) is 35.1. The van der Waals surface area contributed by atoms with Gasteiger partial charge < -0.3 is 9.88 Å². The number of aromatic nitrogens is 1. The lowest BCUT2D eigenvalue weighted by Crippen LogP contribution is -2.27. The molecule has 4 aliphatic rings. The van der Waals surface area contributed by atoms with Crippen molar-refractivity contribution in [2.75, 3.05) is 5.32 Å². The van der Waals surface area contributed by atoms with E-state index in [4.69, 9.17) is 0 Å². The van der Waals surface area contributed by atoms with Crippen LogP contribution in [0.4, 0.5) is 5.69 Å². The zero-order valence-electron chi connectivity index (χ0n) is 35.1. The summed E-state index contributed by atoms with van der Waals surface area (Å²) < 4.78 is 2.49. The highest BCUT2D eigenvalue weighted by atomic mass is 15.0. The smallest absolute Gasteiger partial charge is 0.0550 e. The van der Waals surface area contributed by atoms with Crippen molar-refractivity contribution >= 4 is 44.0 Å². The van der Waals surface area contributed by atoms with Crippen LogP contribution in [0.15, 0.2) is 212 Å². The number of nitrogens with one attached hydrogen (secondary N) is 1. The van der Waals surface area contributed by atoms with Crippen LogP contribution in [0.5, 0.6) is 0 Å². The molecule has 0 fully saturated rings. The van der Waals surface area contributed by atoms with Crippen molar-refractivity contribution in [1.29, 1.82) is 0 Å². The number of hydrogen-bond acceptors (Lipinski definition) is 1. The molecule has 13 rings (SSSR count). The Morgan fingerprint density at radius 1 is 0.524 bits per heavy atom. The minimum Gasteiger partial charge on any atom is -0.378 e. The van der Waals surface area contributed by atoms with Crippen molar-refractivity contribution in [3.63, 3.8) is 0 Å². The molecule has 1 spiro atoms. The number of hydrogen-bond donors (Lipinski definition) is 1. The van der Waals surface area contributed by atoms with Crippen LogP contribution in [0, 0.1) is 0 Å². The Hall–Kier alpha value is -7.42. The first-order valence-corrected chi connectivity index (χ1v) is 22.6. The molecule has 2 heteroatoms. The van der Waals surface area contributed by atoms with Crippen molar-refractivity contribution in [2.24, 2.45) is 0 Å². The summed E-state index contributed by atoms with van der Waals surface area (Å²) >= 11 is 0. The first-order valence-electron chi connectivity index (χ1n) is 22.6. The minimum atomic E-state index is -0.0157. The Bertz CT molecular complexity index is 3400. The number of fused-ring (bicyclic) bond motifs is 11. The average molecular weight is 807 g/mol. The molecule has 2 nitrogen and oxygen atoms in total. The van der Waals surface area contributed by atoms with Crippen molar-refractivity contribution in [1.82, 2.24) is 4.57 Å². The Morgan fingerprint density at radius 2 is 1.21 bits per heavy atom. The minimum absolute atomic E-state index is 0.0157. The van der Waals surface area contributed by atoms with E-state index in [2.05, 4.69) is 222 Å². The predicted octanol–water partition coefficient (Wildman–Crippen LogP) is 15.2. The van der Waals surface area contributed by atoms with Gasteiger partial charge in [0.05, 0.1) is 17.1 Å². The van der Waals surface area contributed by atoms with Gasteiger partial charge >= 0.3 is 0 Å².